The fourth-order valence-corrected chi connectivity index (χ4v) is 1.67. The quantitative estimate of drug-likeness (QED) is 0.809. The summed E-state index contributed by atoms with van der Waals surface area (Å²) in [7, 11) is 0. The minimum Gasteiger partial charge on any atom is -0.398 e. The van der Waals surface area contributed by atoms with Crippen molar-refractivity contribution in [1.29, 1.82) is 0 Å². The van der Waals surface area contributed by atoms with Gasteiger partial charge in [0.2, 0.25) is 0 Å². The second-order valence-corrected chi connectivity index (χ2v) is 6.20. The molecule has 1 aromatic rings. The number of amides is 1. The van der Waals surface area contributed by atoms with Crippen molar-refractivity contribution in [3.05, 3.63) is 29.3 Å². The van der Waals surface area contributed by atoms with Crippen LogP contribution < -0.4 is 11.1 Å². The minimum absolute atomic E-state index is 0.0348. The summed E-state index contributed by atoms with van der Waals surface area (Å²) >= 11 is 1.73. The first-order valence-corrected chi connectivity index (χ1v) is 6.78. The van der Waals surface area contributed by atoms with E-state index in [9.17, 15) is 4.79 Å². The summed E-state index contributed by atoms with van der Waals surface area (Å²) in [5, 5.41) is 2.93. The third-order valence-electron chi connectivity index (χ3n) is 2.76. The number of nitrogens with one attached hydrogen (secondary N) is 1. The number of carbonyl (C=O) groups is 1. The first kappa shape index (κ1) is 13.9. The van der Waals surface area contributed by atoms with Crippen molar-refractivity contribution in [1.82, 2.24) is 5.32 Å². The van der Waals surface area contributed by atoms with Crippen LogP contribution in [0.4, 0.5) is 5.69 Å². The fraction of sp³-hybridized carbons (Fsp3) is 0.462. The van der Waals surface area contributed by atoms with Crippen molar-refractivity contribution in [2.24, 2.45) is 0 Å². The van der Waals surface area contributed by atoms with E-state index in [1.807, 2.05) is 25.3 Å². The summed E-state index contributed by atoms with van der Waals surface area (Å²) < 4.78 is 0.0348. The van der Waals surface area contributed by atoms with Gasteiger partial charge in [-0.2, -0.15) is 11.8 Å². The van der Waals surface area contributed by atoms with E-state index in [-0.39, 0.29) is 10.7 Å². The fourth-order valence-electron chi connectivity index (χ4n) is 1.45. The number of nitrogen functional groups attached to an aromatic ring is 1. The van der Waals surface area contributed by atoms with E-state index in [0.717, 1.165) is 5.56 Å². The Labute approximate surface area is 107 Å². The Hall–Kier alpha value is -1.16. The molecule has 0 fully saturated rings. The number of nitrogens with two attached hydrogens (primary N) is 1. The number of hydrogen-bond acceptors (Lipinski definition) is 3. The second-order valence-electron chi connectivity index (χ2n) is 4.69. The monoisotopic (exact) mass is 252 g/mol. The molecule has 0 heterocycles. The second kappa shape index (κ2) is 5.45. The molecule has 0 radical (unpaired) electrons. The number of anilines is 1. The van der Waals surface area contributed by atoms with Gasteiger partial charge in [-0.05, 0) is 38.7 Å². The van der Waals surface area contributed by atoms with Gasteiger partial charge in [-0.3, -0.25) is 4.79 Å². The Morgan fingerprint density at radius 2 is 2.12 bits per heavy atom. The van der Waals surface area contributed by atoms with Crippen LogP contribution in [0.2, 0.25) is 0 Å². The Morgan fingerprint density at radius 3 is 2.65 bits per heavy atom. The molecular formula is C13H20N2OS. The number of carbonyl (C=O) groups excluding carboxylic acids is 1. The van der Waals surface area contributed by atoms with Gasteiger partial charge in [-0.25, -0.2) is 0 Å². The zero-order valence-electron chi connectivity index (χ0n) is 10.8. The average Bonchev–Trinajstić information content (AvgIpc) is 2.26. The largest absolute Gasteiger partial charge is 0.398 e. The van der Waals surface area contributed by atoms with Crippen LogP contribution in [0.1, 0.15) is 29.8 Å². The van der Waals surface area contributed by atoms with Crippen LogP contribution in [0.3, 0.4) is 0 Å². The SMILES string of the molecule is CSC(C)(C)CNC(=O)c1c(C)cccc1N. The van der Waals surface area contributed by atoms with Gasteiger partial charge in [0.05, 0.1) is 5.56 Å². The Morgan fingerprint density at radius 1 is 1.47 bits per heavy atom. The molecule has 4 heteroatoms. The standard InChI is InChI=1S/C13H20N2OS/c1-9-6-5-7-10(14)11(9)12(16)15-8-13(2,3)17-4/h5-7H,8,14H2,1-4H3,(H,15,16). The predicted molar refractivity (Wildman–Crippen MR) is 75.5 cm³/mol. The molecule has 0 unspecified atom stereocenters. The Kier molecular flexibility index (Phi) is 4.46. The normalized spacial score (nSPS) is 11.3. The molecule has 0 spiro atoms. The zero-order valence-corrected chi connectivity index (χ0v) is 11.6. The third kappa shape index (κ3) is 3.66. The summed E-state index contributed by atoms with van der Waals surface area (Å²) in [6.07, 6.45) is 2.04. The van der Waals surface area contributed by atoms with Crippen molar-refractivity contribution in [2.75, 3.05) is 18.5 Å². The van der Waals surface area contributed by atoms with E-state index in [2.05, 4.69) is 19.2 Å². The summed E-state index contributed by atoms with van der Waals surface area (Å²) in [5.74, 6) is -0.0947. The highest BCUT2D eigenvalue weighted by atomic mass is 32.2. The van der Waals surface area contributed by atoms with Gasteiger partial charge in [0.1, 0.15) is 0 Å². The predicted octanol–water partition coefficient (Wildman–Crippen LogP) is 2.45. The van der Waals surface area contributed by atoms with Crippen LogP contribution >= 0.6 is 11.8 Å². The summed E-state index contributed by atoms with van der Waals surface area (Å²) in [6, 6.07) is 5.50. The highest BCUT2D eigenvalue weighted by Crippen LogP contribution is 2.21. The van der Waals surface area contributed by atoms with Gasteiger partial charge in [0.15, 0.2) is 0 Å². The van der Waals surface area contributed by atoms with Gasteiger partial charge in [-0.1, -0.05) is 12.1 Å². The molecule has 0 bridgehead atoms. The molecule has 94 valence electrons. The third-order valence-corrected chi connectivity index (χ3v) is 4.01. The molecule has 0 saturated heterocycles. The van der Waals surface area contributed by atoms with Gasteiger partial charge in [-0.15, -0.1) is 0 Å². The van der Waals surface area contributed by atoms with Gasteiger partial charge < -0.3 is 11.1 Å². The first-order valence-electron chi connectivity index (χ1n) is 5.56. The molecule has 0 saturated carbocycles. The molecule has 1 amide bonds. The number of hydrogen-bond donors (Lipinski definition) is 2. The maximum atomic E-state index is 12.0. The minimum atomic E-state index is -0.0947. The van der Waals surface area contributed by atoms with Crippen molar-refractivity contribution in [2.45, 2.75) is 25.5 Å². The average molecular weight is 252 g/mol. The summed E-state index contributed by atoms with van der Waals surface area (Å²) in [4.78, 5) is 12.0. The molecular weight excluding hydrogens is 232 g/mol. The highest BCUT2D eigenvalue weighted by Gasteiger charge is 2.19. The molecule has 3 N–H and O–H groups in total. The first-order chi connectivity index (χ1) is 7.87. The molecule has 17 heavy (non-hydrogen) atoms. The molecule has 0 atom stereocenters. The van der Waals surface area contributed by atoms with Crippen molar-refractivity contribution >= 4 is 23.4 Å². The van der Waals surface area contributed by atoms with Crippen molar-refractivity contribution < 1.29 is 4.79 Å². The van der Waals surface area contributed by atoms with Crippen LogP contribution in [0.15, 0.2) is 18.2 Å². The molecule has 0 aliphatic carbocycles. The van der Waals surface area contributed by atoms with Crippen LogP contribution in [-0.4, -0.2) is 23.5 Å². The maximum Gasteiger partial charge on any atom is 0.253 e. The number of rotatable bonds is 4. The van der Waals surface area contributed by atoms with E-state index in [1.54, 1.807) is 17.8 Å². The molecule has 0 aromatic heterocycles. The molecule has 0 aliphatic rings. The topological polar surface area (TPSA) is 55.1 Å². The lowest BCUT2D eigenvalue weighted by molar-refractivity contribution is 0.0951. The smallest absolute Gasteiger partial charge is 0.253 e. The number of thioether (sulfide) groups is 1. The van der Waals surface area contributed by atoms with Gasteiger partial charge in [0.25, 0.3) is 5.91 Å². The van der Waals surface area contributed by atoms with E-state index in [4.69, 9.17) is 5.73 Å². The lowest BCUT2D eigenvalue weighted by Gasteiger charge is -2.22. The maximum absolute atomic E-state index is 12.0. The van der Waals surface area contributed by atoms with Crippen LogP contribution in [0, 0.1) is 6.92 Å². The van der Waals surface area contributed by atoms with Crippen LogP contribution in [0.5, 0.6) is 0 Å². The zero-order chi connectivity index (χ0) is 13.1. The van der Waals surface area contributed by atoms with Crippen LogP contribution in [-0.2, 0) is 0 Å². The summed E-state index contributed by atoms with van der Waals surface area (Å²) in [6.45, 7) is 6.71. The Bertz CT molecular complexity index is 396. The van der Waals surface area contributed by atoms with Gasteiger partial charge in [0, 0.05) is 17.0 Å². The lowest BCUT2D eigenvalue weighted by atomic mass is 10.1. The molecule has 1 rings (SSSR count). The Balaban J connectivity index is 2.78. The van der Waals surface area contributed by atoms with Gasteiger partial charge >= 0.3 is 0 Å². The lowest BCUT2D eigenvalue weighted by Crippen LogP contribution is -2.36. The van der Waals surface area contributed by atoms with E-state index >= 15 is 0 Å². The number of aryl methyl sites for hydroxylation is 1. The van der Waals surface area contributed by atoms with Crippen molar-refractivity contribution in [3.8, 4) is 0 Å². The number of benzene rings is 1. The van der Waals surface area contributed by atoms with E-state index in [0.29, 0.717) is 17.8 Å². The van der Waals surface area contributed by atoms with E-state index in [1.165, 1.54) is 0 Å². The van der Waals surface area contributed by atoms with Crippen molar-refractivity contribution in [3.63, 3.8) is 0 Å². The molecule has 0 aliphatic heterocycles. The van der Waals surface area contributed by atoms with E-state index < -0.39 is 0 Å². The van der Waals surface area contributed by atoms with Crippen LogP contribution in [0.25, 0.3) is 0 Å². The highest BCUT2D eigenvalue weighted by molar-refractivity contribution is 7.99. The molecule has 3 nitrogen and oxygen atoms in total. The molecule has 1 aromatic carbocycles. The summed E-state index contributed by atoms with van der Waals surface area (Å²) in [5.41, 5.74) is 7.85.